The van der Waals surface area contributed by atoms with Crippen molar-refractivity contribution in [1.29, 1.82) is 0 Å². The van der Waals surface area contributed by atoms with Crippen molar-refractivity contribution < 1.29 is 0 Å². The number of benzene rings is 4. The first-order valence-corrected chi connectivity index (χ1v) is 11.5. The van der Waals surface area contributed by atoms with E-state index in [1.165, 1.54) is 38.4 Å². The molecule has 34 heavy (non-hydrogen) atoms. The fraction of sp³-hybridized carbons (Fsp3) is 0. The summed E-state index contributed by atoms with van der Waals surface area (Å²) in [7, 11) is 0. The summed E-state index contributed by atoms with van der Waals surface area (Å²) in [6.45, 7) is 0. The van der Waals surface area contributed by atoms with Crippen molar-refractivity contribution in [3.63, 3.8) is 0 Å². The average Bonchev–Trinajstić information content (AvgIpc) is 3.47. The van der Waals surface area contributed by atoms with Crippen LogP contribution in [0.15, 0.2) is 128 Å². The molecule has 0 aliphatic rings. The predicted molar refractivity (Wildman–Crippen MR) is 141 cm³/mol. The molecule has 0 aliphatic carbocycles. The van der Waals surface area contributed by atoms with Gasteiger partial charge in [0, 0.05) is 39.8 Å². The molecule has 4 aromatic carbocycles. The molecule has 160 valence electrons. The SMILES string of the molecule is c1ccc(-c2ccc(-n3c4ccccc4c4cc5c(ccn5-c5ccccc5)cc43)nc2)cc1. The van der Waals surface area contributed by atoms with Gasteiger partial charge in [-0.05, 0) is 54.1 Å². The molecule has 3 nitrogen and oxygen atoms in total. The number of aromatic nitrogens is 3. The zero-order valence-electron chi connectivity index (χ0n) is 18.5. The summed E-state index contributed by atoms with van der Waals surface area (Å²) in [5.74, 6) is 0.924. The molecule has 0 unspecified atom stereocenters. The van der Waals surface area contributed by atoms with E-state index < -0.39 is 0 Å². The van der Waals surface area contributed by atoms with E-state index in [4.69, 9.17) is 4.98 Å². The second-order valence-corrected chi connectivity index (χ2v) is 8.57. The number of nitrogens with zero attached hydrogens (tertiary/aromatic N) is 3. The number of hydrogen-bond donors (Lipinski definition) is 0. The second kappa shape index (κ2) is 7.46. The smallest absolute Gasteiger partial charge is 0.137 e. The number of para-hydroxylation sites is 2. The molecule has 0 aliphatic heterocycles. The van der Waals surface area contributed by atoms with Crippen LogP contribution in [0, 0.1) is 0 Å². The van der Waals surface area contributed by atoms with Gasteiger partial charge in [-0.25, -0.2) is 4.98 Å². The monoisotopic (exact) mass is 435 g/mol. The quantitative estimate of drug-likeness (QED) is 0.278. The van der Waals surface area contributed by atoms with Crippen molar-refractivity contribution >= 4 is 32.7 Å². The molecule has 0 N–H and O–H groups in total. The molecule has 3 aromatic heterocycles. The average molecular weight is 436 g/mol. The Balaban J connectivity index is 1.46. The van der Waals surface area contributed by atoms with Crippen LogP contribution in [0.2, 0.25) is 0 Å². The summed E-state index contributed by atoms with van der Waals surface area (Å²) in [5, 5.41) is 3.67. The highest BCUT2D eigenvalue weighted by atomic mass is 15.1. The minimum Gasteiger partial charge on any atom is -0.317 e. The third-order valence-electron chi connectivity index (χ3n) is 6.60. The van der Waals surface area contributed by atoms with E-state index in [1.54, 1.807) is 0 Å². The molecule has 7 aromatic rings. The highest BCUT2D eigenvalue weighted by Gasteiger charge is 2.15. The van der Waals surface area contributed by atoms with Crippen molar-refractivity contribution in [2.45, 2.75) is 0 Å². The van der Waals surface area contributed by atoms with E-state index >= 15 is 0 Å². The van der Waals surface area contributed by atoms with E-state index in [0.717, 1.165) is 16.9 Å². The number of pyridine rings is 1. The van der Waals surface area contributed by atoms with Crippen molar-refractivity contribution in [3.8, 4) is 22.6 Å². The van der Waals surface area contributed by atoms with Gasteiger partial charge >= 0.3 is 0 Å². The Morgan fingerprint density at radius 1 is 0.529 bits per heavy atom. The van der Waals surface area contributed by atoms with E-state index in [1.807, 2.05) is 12.3 Å². The van der Waals surface area contributed by atoms with E-state index in [2.05, 4.69) is 125 Å². The van der Waals surface area contributed by atoms with Crippen LogP contribution in [0.1, 0.15) is 0 Å². The molecule has 0 spiro atoms. The van der Waals surface area contributed by atoms with E-state index in [9.17, 15) is 0 Å². The van der Waals surface area contributed by atoms with Crippen molar-refractivity contribution in [1.82, 2.24) is 14.1 Å². The van der Waals surface area contributed by atoms with Crippen LogP contribution in [0.3, 0.4) is 0 Å². The van der Waals surface area contributed by atoms with Crippen LogP contribution >= 0.6 is 0 Å². The Hall–Kier alpha value is -4.63. The van der Waals surface area contributed by atoms with Gasteiger partial charge < -0.3 is 4.57 Å². The number of rotatable bonds is 3. The van der Waals surface area contributed by atoms with Gasteiger partial charge in [-0.1, -0.05) is 66.7 Å². The molecule has 0 bridgehead atoms. The van der Waals surface area contributed by atoms with E-state index in [-0.39, 0.29) is 0 Å². The van der Waals surface area contributed by atoms with Crippen molar-refractivity contribution in [3.05, 3.63) is 128 Å². The fourth-order valence-electron chi connectivity index (χ4n) is 4.98. The summed E-state index contributed by atoms with van der Waals surface area (Å²) < 4.78 is 4.53. The van der Waals surface area contributed by atoms with Gasteiger partial charge in [-0.2, -0.15) is 0 Å². The molecule has 0 amide bonds. The van der Waals surface area contributed by atoms with Gasteiger partial charge in [-0.3, -0.25) is 4.57 Å². The second-order valence-electron chi connectivity index (χ2n) is 8.57. The van der Waals surface area contributed by atoms with Crippen LogP contribution in [0.4, 0.5) is 0 Å². The third-order valence-corrected chi connectivity index (χ3v) is 6.60. The van der Waals surface area contributed by atoms with Crippen LogP contribution in [-0.4, -0.2) is 14.1 Å². The van der Waals surface area contributed by atoms with Gasteiger partial charge in [0.2, 0.25) is 0 Å². The molecule has 0 saturated heterocycles. The number of hydrogen-bond acceptors (Lipinski definition) is 1. The lowest BCUT2D eigenvalue weighted by Crippen LogP contribution is -1.97. The Bertz CT molecular complexity index is 1770. The molecular formula is C31H21N3. The Morgan fingerprint density at radius 3 is 2.09 bits per heavy atom. The van der Waals surface area contributed by atoms with Crippen LogP contribution in [0.5, 0.6) is 0 Å². The zero-order valence-corrected chi connectivity index (χ0v) is 18.5. The van der Waals surface area contributed by atoms with E-state index in [0.29, 0.717) is 0 Å². The first-order valence-electron chi connectivity index (χ1n) is 11.5. The molecular weight excluding hydrogens is 414 g/mol. The molecule has 3 heteroatoms. The Kier molecular flexibility index (Phi) is 4.15. The van der Waals surface area contributed by atoms with Crippen LogP contribution < -0.4 is 0 Å². The van der Waals surface area contributed by atoms with Crippen LogP contribution in [0.25, 0.3) is 55.3 Å². The highest BCUT2D eigenvalue weighted by Crippen LogP contribution is 2.35. The Morgan fingerprint density at radius 2 is 1.29 bits per heavy atom. The molecule has 0 fully saturated rings. The summed E-state index contributed by atoms with van der Waals surface area (Å²) in [6, 6.07) is 40.5. The zero-order chi connectivity index (χ0) is 22.5. The lowest BCUT2D eigenvalue weighted by atomic mass is 10.1. The summed E-state index contributed by atoms with van der Waals surface area (Å²) >= 11 is 0. The van der Waals surface area contributed by atoms with Crippen molar-refractivity contribution in [2.24, 2.45) is 0 Å². The lowest BCUT2D eigenvalue weighted by Gasteiger charge is -2.09. The molecule has 3 heterocycles. The topological polar surface area (TPSA) is 22.8 Å². The normalized spacial score (nSPS) is 11.5. The minimum atomic E-state index is 0.924. The maximum atomic E-state index is 4.89. The van der Waals surface area contributed by atoms with Gasteiger partial charge in [0.25, 0.3) is 0 Å². The van der Waals surface area contributed by atoms with Crippen LogP contribution in [-0.2, 0) is 0 Å². The standard InChI is InChI=1S/C31H21N3/c1-3-9-22(10-4-1)24-15-16-31(32-21-24)34-28-14-8-7-13-26(28)27-20-29-23(19-30(27)34)17-18-33(29)25-11-5-2-6-12-25/h1-21H. The minimum absolute atomic E-state index is 0.924. The maximum absolute atomic E-state index is 4.89. The highest BCUT2D eigenvalue weighted by molar-refractivity contribution is 6.13. The summed E-state index contributed by atoms with van der Waals surface area (Å²) in [6.07, 6.45) is 4.12. The molecule has 0 radical (unpaired) electrons. The maximum Gasteiger partial charge on any atom is 0.137 e. The first kappa shape index (κ1) is 18.9. The largest absolute Gasteiger partial charge is 0.317 e. The molecule has 0 saturated carbocycles. The van der Waals surface area contributed by atoms with Crippen molar-refractivity contribution in [2.75, 3.05) is 0 Å². The predicted octanol–water partition coefficient (Wildman–Crippen LogP) is 7.79. The van der Waals surface area contributed by atoms with Gasteiger partial charge in [0.05, 0.1) is 16.6 Å². The van der Waals surface area contributed by atoms with Gasteiger partial charge in [0.1, 0.15) is 5.82 Å². The number of fused-ring (bicyclic) bond motifs is 4. The lowest BCUT2D eigenvalue weighted by molar-refractivity contribution is 1.08. The molecule has 0 atom stereocenters. The summed E-state index contributed by atoms with van der Waals surface area (Å²) in [4.78, 5) is 4.89. The fourth-order valence-corrected chi connectivity index (χ4v) is 4.98. The van der Waals surface area contributed by atoms with Gasteiger partial charge in [0.15, 0.2) is 0 Å². The van der Waals surface area contributed by atoms with Gasteiger partial charge in [-0.15, -0.1) is 0 Å². The summed E-state index contributed by atoms with van der Waals surface area (Å²) in [5.41, 5.74) is 6.99. The Labute approximate surface area is 197 Å². The third kappa shape index (κ3) is 2.87. The molecule has 7 rings (SSSR count). The first-order chi connectivity index (χ1) is 16.9.